The number of hydrogen-bond donors (Lipinski definition) is 1. The van der Waals surface area contributed by atoms with E-state index in [2.05, 4.69) is 19.9 Å². The standard InChI is InChI=1S/C22H34O2/c1-13(23)16-6-7-17-15-5-4-14-12-20-19(24-20)9-11-21(14,2)18(15)8-10-22(16,17)3/h4,13,15-20,23H,5-12H2,1-3H3/t13-,15+,16-,17+,18+,19+,20-,21+,22-/m1/s1. The molecule has 0 spiro atoms. The van der Waals surface area contributed by atoms with Crippen LogP contribution in [-0.4, -0.2) is 23.4 Å². The Hall–Kier alpha value is -0.340. The van der Waals surface area contributed by atoms with Crippen LogP contribution in [0, 0.1) is 34.5 Å². The van der Waals surface area contributed by atoms with Gasteiger partial charge in [0, 0.05) is 0 Å². The fourth-order valence-electron chi connectivity index (χ4n) is 7.92. The Morgan fingerprint density at radius 3 is 2.71 bits per heavy atom. The summed E-state index contributed by atoms with van der Waals surface area (Å²) in [5.74, 6) is 3.09. The van der Waals surface area contributed by atoms with Crippen LogP contribution >= 0.6 is 0 Å². The second-order valence-corrected chi connectivity index (χ2v) is 10.2. The van der Waals surface area contributed by atoms with Gasteiger partial charge in [-0.05, 0) is 92.8 Å². The van der Waals surface area contributed by atoms with Crippen LogP contribution in [0.5, 0.6) is 0 Å². The van der Waals surface area contributed by atoms with Gasteiger partial charge in [0.1, 0.15) is 0 Å². The lowest BCUT2D eigenvalue weighted by Gasteiger charge is -2.56. The number of hydrogen-bond acceptors (Lipinski definition) is 2. The quantitative estimate of drug-likeness (QED) is 0.558. The van der Waals surface area contributed by atoms with Gasteiger partial charge in [0.15, 0.2) is 0 Å². The number of epoxide rings is 1. The topological polar surface area (TPSA) is 32.8 Å². The minimum Gasteiger partial charge on any atom is -0.393 e. The average Bonchev–Trinajstić information content (AvgIpc) is 3.19. The highest BCUT2D eigenvalue weighted by atomic mass is 16.6. The third kappa shape index (κ3) is 2.02. The molecule has 0 radical (unpaired) electrons. The molecule has 4 fully saturated rings. The maximum absolute atomic E-state index is 10.3. The van der Waals surface area contributed by atoms with Gasteiger partial charge >= 0.3 is 0 Å². The van der Waals surface area contributed by atoms with Gasteiger partial charge in [-0.3, -0.25) is 0 Å². The Kier molecular flexibility index (Phi) is 3.37. The molecule has 0 aromatic carbocycles. The van der Waals surface area contributed by atoms with Crippen LogP contribution in [0.2, 0.25) is 0 Å². The van der Waals surface area contributed by atoms with Crippen molar-refractivity contribution in [2.45, 2.75) is 90.4 Å². The molecule has 5 aliphatic rings. The molecule has 1 aliphatic heterocycles. The number of fused-ring (bicyclic) bond motifs is 6. The molecule has 1 saturated heterocycles. The van der Waals surface area contributed by atoms with Crippen molar-refractivity contribution in [2.75, 3.05) is 0 Å². The van der Waals surface area contributed by atoms with E-state index in [1.165, 1.54) is 51.4 Å². The summed E-state index contributed by atoms with van der Waals surface area (Å²) >= 11 is 0. The summed E-state index contributed by atoms with van der Waals surface area (Å²) in [4.78, 5) is 0. The Morgan fingerprint density at radius 2 is 1.92 bits per heavy atom. The van der Waals surface area contributed by atoms with Gasteiger partial charge < -0.3 is 9.84 Å². The van der Waals surface area contributed by atoms with E-state index in [0.29, 0.717) is 29.0 Å². The minimum atomic E-state index is -0.135. The fourth-order valence-corrected chi connectivity index (χ4v) is 7.92. The van der Waals surface area contributed by atoms with Gasteiger partial charge in [-0.25, -0.2) is 0 Å². The summed E-state index contributed by atoms with van der Waals surface area (Å²) < 4.78 is 5.85. The molecule has 4 aliphatic carbocycles. The third-order valence-corrected chi connectivity index (χ3v) is 9.34. The number of aliphatic hydroxyl groups is 1. The minimum absolute atomic E-state index is 0.135. The molecule has 1 heterocycles. The van der Waals surface area contributed by atoms with E-state index in [1.807, 2.05) is 6.92 Å². The number of rotatable bonds is 1. The summed E-state index contributed by atoms with van der Waals surface area (Å²) in [6.45, 7) is 7.13. The Morgan fingerprint density at radius 1 is 1.08 bits per heavy atom. The first-order valence-electron chi connectivity index (χ1n) is 10.5. The van der Waals surface area contributed by atoms with E-state index in [4.69, 9.17) is 4.74 Å². The Labute approximate surface area is 147 Å². The van der Waals surface area contributed by atoms with Gasteiger partial charge in [-0.1, -0.05) is 25.5 Å². The van der Waals surface area contributed by atoms with Crippen LogP contribution in [0.15, 0.2) is 11.6 Å². The van der Waals surface area contributed by atoms with Gasteiger partial charge in [0.25, 0.3) is 0 Å². The lowest BCUT2D eigenvalue weighted by atomic mass is 9.48. The molecular formula is C22H34O2. The monoisotopic (exact) mass is 330 g/mol. The van der Waals surface area contributed by atoms with Crippen molar-refractivity contribution in [2.24, 2.45) is 34.5 Å². The first-order valence-corrected chi connectivity index (χ1v) is 10.5. The lowest BCUT2D eigenvalue weighted by Crippen LogP contribution is -2.49. The molecule has 134 valence electrons. The van der Waals surface area contributed by atoms with Crippen LogP contribution in [0.1, 0.15) is 72.1 Å². The summed E-state index contributed by atoms with van der Waals surface area (Å²) in [6.07, 6.45) is 14.0. The van der Waals surface area contributed by atoms with E-state index < -0.39 is 0 Å². The summed E-state index contributed by atoms with van der Waals surface area (Å²) in [5.41, 5.74) is 2.55. The van der Waals surface area contributed by atoms with Crippen molar-refractivity contribution >= 4 is 0 Å². The number of aliphatic hydroxyl groups excluding tert-OH is 1. The van der Waals surface area contributed by atoms with Crippen molar-refractivity contribution in [1.82, 2.24) is 0 Å². The Balaban J connectivity index is 1.47. The molecule has 9 atom stereocenters. The molecule has 0 bridgehead atoms. The maximum atomic E-state index is 10.3. The van der Waals surface area contributed by atoms with Gasteiger partial charge in [-0.2, -0.15) is 0 Å². The fraction of sp³-hybridized carbons (Fsp3) is 0.909. The molecule has 0 aromatic rings. The zero-order chi connectivity index (χ0) is 16.7. The normalized spacial score (nSPS) is 56.9. The van der Waals surface area contributed by atoms with Crippen LogP contribution in [0.3, 0.4) is 0 Å². The highest BCUT2D eigenvalue weighted by molar-refractivity contribution is 5.26. The lowest BCUT2D eigenvalue weighted by molar-refractivity contribution is -0.0599. The SMILES string of the molecule is C[C@@H](O)[C@H]1CC[C@H]2[C@@H]3CC=C4C[C@H]5O[C@H]5CC[C@]4(C)[C@H]3CC[C@]12C. The zero-order valence-electron chi connectivity index (χ0n) is 15.6. The highest BCUT2D eigenvalue weighted by Crippen LogP contribution is 2.66. The zero-order valence-corrected chi connectivity index (χ0v) is 15.6. The van der Waals surface area contributed by atoms with Crippen molar-refractivity contribution in [3.8, 4) is 0 Å². The largest absolute Gasteiger partial charge is 0.393 e. The van der Waals surface area contributed by atoms with E-state index in [-0.39, 0.29) is 6.10 Å². The van der Waals surface area contributed by atoms with Crippen molar-refractivity contribution in [1.29, 1.82) is 0 Å². The summed E-state index contributed by atoms with van der Waals surface area (Å²) in [5, 5.41) is 10.3. The average molecular weight is 331 g/mol. The van der Waals surface area contributed by atoms with Gasteiger partial charge in [-0.15, -0.1) is 0 Å². The van der Waals surface area contributed by atoms with E-state index >= 15 is 0 Å². The third-order valence-electron chi connectivity index (χ3n) is 9.34. The molecule has 2 nitrogen and oxygen atoms in total. The first-order chi connectivity index (χ1) is 11.4. The smallest absolute Gasteiger partial charge is 0.0879 e. The molecule has 3 saturated carbocycles. The maximum Gasteiger partial charge on any atom is 0.0879 e. The predicted octanol–water partition coefficient (Wildman–Crippen LogP) is 4.71. The first kappa shape index (κ1) is 15.9. The molecular weight excluding hydrogens is 296 g/mol. The second-order valence-electron chi connectivity index (χ2n) is 10.2. The molecule has 0 unspecified atom stereocenters. The van der Waals surface area contributed by atoms with Crippen LogP contribution in [0.4, 0.5) is 0 Å². The van der Waals surface area contributed by atoms with Crippen molar-refractivity contribution in [3.05, 3.63) is 11.6 Å². The highest BCUT2D eigenvalue weighted by Gasteiger charge is 2.60. The van der Waals surface area contributed by atoms with Crippen LogP contribution < -0.4 is 0 Å². The molecule has 0 amide bonds. The molecule has 0 aromatic heterocycles. The van der Waals surface area contributed by atoms with Crippen molar-refractivity contribution in [3.63, 3.8) is 0 Å². The second kappa shape index (κ2) is 5.10. The molecule has 1 N–H and O–H groups in total. The molecule has 2 heteroatoms. The number of ether oxygens (including phenoxy) is 1. The van der Waals surface area contributed by atoms with Crippen LogP contribution in [0.25, 0.3) is 0 Å². The Bertz CT molecular complexity index is 566. The van der Waals surface area contributed by atoms with E-state index in [1.54, 1.807) is 5.57 Å². The van der Waals surface area contributed by atoms with Crippen molar-refractivity contribution < 1.29 is 9.84 Å². The van der Waals surface area contributed by atoms with Gasteiger partial charge in [0.2, 0.25) is 0 Å². The molecule has 24 heavy (non-hydrogen) atoms. The summed E-state index contributed by atoms with van der Waals surface area (Å²) in [7, 11) is 0. The van der Waals surface area contributed by atoms with Gasteiger partial charge in [0.05, 0.1) is 18.3 Å². The predicted molar refractivity (Wildman–Crippen MR) is 95.5 cm³/mol. The van der Waals surface area contributed by atoms with Crippen LogP contribution in [-0.2, 0) is 4.74 Å². The summed E-state index contributed by atoms with van der Waals surface area (Å²) in [6, 6.07) is 0. The number of allylic oxidation sites excluding steroid dienone is 1. The van der Waals surface area contributed by atoms with E-state index in [0.717, 1.165) is 17.8 Å². The van der Waals surface area contributed by atoms with E-state index in [9.17, 15) is 5.11 Å². The molecule has 5 rings (SSSR count).